The number of amides is 1. The first kappa shape index (κ1) is 25.7. The van der Waals surface area contributed by atoms with Gasteiger partial charge in [0.25, 0.3) is 5.91 Å². The third-order valence-corrected chi connectivity index (χ3v) is 5.48. The molecule has 1 aliphatic heterocycles. The van der Waals surface area contributed by atoms with Gasteiger partial charge < -0.3 is 34.5 Å². The Morgan fingerprint density at radius 1 is 1.00 bits per heavy atom. The highest BCUT2D eigenvalue weighted by molar-refractivity contribution is 6.03. The number of aliphatic hydroxyl groups is 1. The maximum atomic E-state index is 13.0. The van der Waals surface area contributed by atoms with Crippen molar-refractivity contribution >= 4 is 11.6 Å². The van der Waals surface area contributed by atoms with Crippen LogP contribution < -0.4 is 5.32 Å². The Labute approximate surface area is 200 Å². The van der Waals surface area contributed by atoms with Crippen LogP contribution in [0.25, 0.3) is 0 Å². The van der Waals surface area contributed by atoms with E-state index in [1.165, 1.54) is 6.07 Å². The van der Waals surface area contributed by atoms with Crippen molar-refractivity contribution in [3.63, 3.8) is 0 Å². The van der Waals surface area contributed by atoms with Gasteiger partial charge in [-0.05, 0) is 37.1 Å². The average Bonchev–Trinajstić information content (AvgIpc) is 2.86. The maximum Gasteiger partial charge on any atom is 0.290 e. The van der Waals surface area contributed by atoms with Gasteiger partial charge in [0.05, 0.1) is 32.1 Å². The van der Waals surface area contributed by atoms with E-state index in [2.05, 4.69) is 5.32 Å². The number of anilines is 1. The Balaban J connectivity index is 1.77. The minimum absolute atomic E-state index is 0.0136. The quantitative estimate of drug-likeness (QED) is 0.304. The van der Waals surface area contributed by atoms with Crippen LogP contribution in [0.15, 0.2) is 66.4 Å². The van der Waals surface area contributed by atoms with E-state index in [0.29, 0.717) is 45.1 Å². The van der Waals surface area contributed by atoms with Crippen LogP contribution >= 0.6 is 0 Å². The molecule has 8 heteroatoms. The van der Waals surface area contributed by atoms with Gasteiger partial charge in [-0.25, -0.2) is 0 Å². The Bertz CT molecular complexity index is 918. The molecule has 3 rings (SSSR count). The van der Waals surface area contributed by atoms with Crippen molar-refractivity contribution in [2.75, 3.05) is 45.0 Å². The van der Waals surface area contributed by atoms with Gasteiger partial charge in [-0.15, -0.1) is 0 Å². The largest absolute Gasteiger partial charge is 0.506 e. The molecule has 1 amide bonds. The van der Waals surface area contributed by atoms with Gasteiger partial charge >= 0.3 is 0 Å². The highest BCUT2D eigenvalue weighted by Gasteiger charge is 2.38. The van der Waals surface area contributed by atoms with Crippen molar-refractivity contribution in [2.45, 2.75) is 25.6 Å². The fourth-order valence-corrected chi connectivity index (χ4v) is 3.86. The molecule has 1 heterocycles. The van der Waals surface area contributed by atoms with E-state index in [-0.39, 0.29) is 30.0 Å². The molecule has 0 radical (unpaired) electrons. The summed E-state index contributed by atoms with van der Waals surface area (Å²) < 4.78 is 22.9. The lowest BCUT2D eigenvalue weighted by atomic mass is 9.81. The number of rotatable bonds is 13. The summed E-state index contributed by atoms with van der Waals surface area (Å²) >= 11 is 0. The van der Waals surface area contributed by atoms with Crippen molar-refractivity contribution in [1.82, 2.24) is 0 Å². The van der Waals surface area contributed by atoms with E-state index >= 15 is 0 Å². The monoisotopic (exact) mass is 471 g/mol. The second kappa shape index (κ2) is 13.7. The average molecular weight is 472 g/mol. The molecule has 0 saturated carbocycles. The molecule has 2 aromatic rings. The molecule has 34 heavy (non-hydrogen) atoms. The number of aromatic hydroxyl groups is 1. The van der Waals surface area contributed by atoms with E-state index in [9.17, 15) is 9.90 Å². The number of carbonyl (C=O) groups is 1. The summed E-state index contributed by atoms with van der Waals surface area (Å²) in [5.74, 6) is -0.549. The van der Waals surface area contributed by atoms with Crippen LogP contribution in [0.5, 0.6) is 5.75 Å². The predicted molar refractivity (Wildman–Crippen MR) is 127 cm³/mol. The second-order valence-corrected chi connectivity index (χ2v) is 7.78. The van der Waals surface area contributed by atoms with Gasteiger partial charge in [0.1, 0.15) is 5.75 Å². The number of phenols is 1. The van der Waals surface area contributed by atoms with Crippen LogP contribution in [0.3, 0.4) is 0 Å². The maximum absolute atomic E-state index is 13.0. The number of hydrogen-bond acceptors (Lipinski definition) is 7. The number of benzene rings is 2. The first-order valence-corrected chi connectivity index (χ1v) is 11.5. The molecule has 3 atom stereocenters. The smallest absolute Gasteiger partial charge is 0.290 e. The van der Waals surface area contributed by atoms with Gasteiger partial charge in [-0.3, -0.25) is 4.79 Å². The highest BCUT2D eigenvalue weighted by atomic mass is 16.7. The molecule has 0 unspecified atom stereocenters. The van der Waals surface area contributed by atoms with Crippen molar-refractivity contribution < 1.29 is 34.0 Å². The summed E-state index contributed by atoms with van der Waals surface area (Å²) in [6.07, 6.45) is 1.82. The fraction of sp³-hybridized carbons (Fsp3) is 0.423. The normalized spacial score (nSPS) is 19.8. The van der Waals surface area contributed by atoms with Crippen molar-refractivity contribution in [3.05, 3.63) is 72.0 Å². The van der Waals surface area contributed by atoms with Crippen LogP contribution in [-0.4, -0.2) is 62.1 Å². The van der Waals surface area contributed by atoms with Gasteiger partial charge in [-0.1, -0.05) is 42.5 Å². The fourth-order valence-electron chi connectivity index (χ4n) is 3.86. The second-order valence-electron chi connectivity index (χ2n) is 7.78. The zero-order valence-electron chi connectivity index (χ0n) is 19.4. The van der Waals surface area contributed by atoms with Crippen LogP contribution in [0.1, 0.15) is 24.8 Å². The molecule has 0 spiro atoms. The van der Waals surface area contributed by atoms with Gasteiger partial charge in [0, 0.05) is 25.0 Å². The number of carbonyl (C=O) groups excluding carboxylic acids is 1. The summed E-state index contributed by atoms with van der Waals surface area (Å²) in [6.45, 7) is 3.89. The van der Waals surface area contributed by atoms with E-state index in [1.54, 1.807) is 18.2 Å². The molecule has 3 N–H and O–H groups in total. The molecule has 0 saturated heterocycles. The topological polar surface area (TPSA) is 106 Å². The SMILES string of the molecule is CCO[C@@H]1OC(C(=O)Nc2ccccc2O)=C[C@H](c2ccccc2)[C@@H]1CCOCCOCCO. The van der Waals surface area contributed by atoms with Crippen molar-refractivity contribution in [2.24, 2.45) is 5.92 Å². The minimum atomic E-state index is -0.639. The number of ether oxygens (including phenoxy) is 4. The lowest BCUT2D eigenvalue weighted by Crippen LogP contribution is -2.38. The number of aliphatic hydroxyl groups excluding tert-OH is 1. The predicted octanol–water partition coefficient (Wildman–Crippen LogP) is 3.42. The highest BCUT2D eigenvalue weighted by Crippen LogP contribution is 2.39. The summed E-state index contributed by atoms with van der Waals surface area (Å²) in [5, 5.41) is 21.5. The summed E-state index contributed by atoms with van der Waals surface area (Å²) in [4.78, 5) is 13.0. The third-order valence-electron chi connectivity index (χ3n) is 5.48. The van der Waals surface area contributed by atoms with Crippen LogP contribution in [0.4, 0.5) is 5.69 Å². The van der Waals surface area contributed by atoms with Crippen LogP contribution in [0, 0.1) is 5.92 Å². The summed E-state index contributed by atoms with van der Waals surface area (Å²) in [7, 11) is 0. The molecular weight excluding hydrogens is 438 g/mol. The Hall–Kier alpha value is -2.91. The molecule has 184 valence electrons. The Kier molecular flexibility index (Phi) is 10.4. The zero-order valence-corrected chi connectivity index (χ0v) is 19.4. The summed E-state index contributed by atoms with van der Waals surface area (Å²) in [5.41, 5.74) is 1.35. The minimum Gasteiger partial charge on any atom is -0.506 e. The Morgan fingerprint density at radius 2 is 1.71 bits per heavy atom. The Morgan fingerprint density at radius 3 is 2.41 bits per heavy atom. The molecule has 0 fully saturated rings. The molecule has 0 aromatic heterocycles. The van der Waals surface area contributed by atoms with E-state index in [4.69, 9.17) is 24.1 Å². The first-order chi connectivity index (χ1) is 16.6. The molecule has 8 nitrogen and oxygen atoms in total. The van der Waals surface area contributed by atoms with Gasteiger partial charge in [0.2, 0.25) is 6.29 Å². The molecule has 0 bridgehead atoms. The molecule has 1 aliphatic rings. The lowest BCUT2D eigenvalue weighted by molar-refractivity contribution is -0.166. The molecule has 0 aliphatic carbocycles. The lowest BCUT2D eigenvalue weighted by Gasteiger charge is -2.37. The van der Waals surface area contributed by atoms with Gasteiger partial charge in [-0.2, -0.15) is 0 Å². The molecule has 2 aromatic carbocycles. The van der Waals surface area contributed by atoms with Gasteiger partial charge in [0.15, 0.2) is 5.76 Å². The number of allylic oxidation sites excluding steroid dienone is 1. The van der Waals surface area contributed by atoms with E-state index in [0.717, 1.165) is 5.56 Å². The number of hydrogen-bond donors (Lipinski definition) is 3. The summed E-state index contributed by atoms with van der Waals surface area (Å²) in [6, 6.07) is 16.4. The van der Waals surface area contributed by atoms with Crippen LogP contribution in [0.2, 0.25) is 0 Å². The zero-order chi connectivity index (χ0) is 24.2. The number of phenolic OH excluding ortho intramolecular Hbond substituents is 1. The van der Waals surface area contributed by atoms with E-state index in [1.807, 2.05) is 43.3 Å². The van der Waals surface area contributed by atoms with E-state index < -0.39 is 12.2 Å². The van der Waals surface area contributed by atoms with Crippen LogP contribution in [-0.2, 0) is 23.7 Å². The molecular formula is C26H33NO7. The first-order valence-electron chi connectivity index (χ1n) is 11.5. The number of para-hydroxylation sites is 2. The standard InChI is InChI=1S/C26H33NO7/c1-2-33-26-20(12-14-31-16-17-32-15-13-28)21(19-8-4-3-5-9-19)18-24(34-26)25(30)27-22-10-6-7-11-23(22)29/h3-11,18,20-21,26,28-29H,2,12-17H2,1H3,(H,27,30)/t20-,21+,26+/m0/s1. The third kappa shape index (κ3) is 7.30. The van der Waals surface area contributed by atoms with Crippen molar-refractivity contribution in [3.8, 4) is 5.75 Å². The number of nitrogens with one attached hydrogen (secondary N) is 1. The van der Waals surface area contributed by atoms with Crippen molar-refractivity contribution in [1.29, 1.82) is 0 Å².